The van der Waals surface area contributed by atoms with Crippen LogP contribution in [-0.4, -0.2) is 34.1 Å². The molecule has 0 spiro atoms. The fourth-order valence-corrected chi connectivity index (χ4v) is 3.55. The molecule has 0 atom stereocenters. The summed E-state index contributed by atoms with van der Waals surface area (Å²) in [6.07, 6.45) is 5.62. The lowest BCUT2D eigenvalue weighted by atomic mass is 10.1. The van der Waals surface area contributed by atoms with Crippen LogP contribution in [0.2, 0.25) is 0 Å². The molecule has 7 nitrogen and oxygen atoms in total. The molecule has 1 fully saturated rings. The van der Waals surface area contributed by atoms with Gasteiger partial charge in [-0.15, -0.1) is 0 Å². The molecule has 29 heavy (non-hydrogen) atoms. The molecule has 1 amide bonds. The molecular weight excluding hydrogens is 366 g/mol. The van der Waals surface area contributed by atoms with E-state index in [1.807, 2.05) is 30.3 Å². The number of anilines is 2. The van der Waals surface area contributed by atoms with Crippen LogP contribution in [0.25, 0.3) is 22.2 Å². The minimum absolute atomic E-state index is 0.232. The summed E-state index contributed by atoms with van der Waals surface area (Å²) in [6.45, 7) is 1.96. The number of benzene rings is 2. The number of amides is 1. The molecular formula is C22H19N5O2. The van der Waals surface area contributed by atoms with Gasteiger partial charge in [0.2, 0.25) is 5.95 Å². The molecule has 0 unspecified atom stereocenters. The van der Waals surface area contributed by atoms with Crippen LogP contribution >= 0.6 is 0 Å². The van der Waals surface area contributed by atoms with Crippen LogP contribution in [0.3, 0.4) is 0 Å². The van der Waals surface area contributed by atoms with E-state index in [1.54, 1.807) is 30.6 Å². The third-order valence-electron chi connectivity index (χ3n) is 5.06. The van der Waals surface area contributed by atoms with E-state index in [4.69, 9.17) is 4.52 Å². The maximum atomic E-state index is 12.7. The fraction of sp³-hybridized carbons (Fsp3) is 0.182. The zero-order chi connectivity index (χ0) is 19.6. The zero-order valence-electron chi connectivity index (χ0n) is 15.7. The van der Waals surface area contributed by atoms with E-state index in [9.17, 15) is 4.79 Å². The van der Waals surface area contributed by atoms with Gasteiger partial charge in [0, 0.05) is 24.2 Å². The molecule has 0 radical (unpaired) electrons. The minimum atomic E-state index is -0.232. The van der Waals surface area contributed by atoms with Crippen molar-refractivity contribution in [3.63, 3.8) is 0 Å². The van der Waals surface area contributed by atoms with Gasteiger partial charge in [-0.3, -0.25) is 4.79 Å². The van der Waals surface area contributed by atoms with Gasteiger partial charge in [-0.25, -0.2) is 9.97 Å². The highest BCUT2D eigenvalue weighted by Crippen LogP contribution is 2.29. The van der Waals surface area contributed by atoms with Crippen LogP contribution in [0.15, 0.2) is 65.4 Å². The van der Waals surface area contributed by atoms with Crippen LogP contribution in [0, 0.1) is 0 Å². The standard InChI is InChI=1S/C22H19N5O2/c28-21(25-17-13-23-22(24-14-17)27-10-4-5-11-27)16-8-9-19-18(12-16)20(29-26-19)15-6-2-1-3-7-15/h1-3,6-9,12-14H,4-5,10-11H2,(H,25,28). The number of fused-ring (bicyclic) bond motifs is 1. The number of hydrogen-bond acceptors (Lipinski definition) is 6. The summed E-state index contributed by atoms with van der Waals surface area (Å²) in [7, 11) is 0. The van der Waals surface area contributed by atoms with Crippen LogP contribution in [-0.2, 0) is 0 Å². The third-order valence-corrected chi connectivity index (χ3v) is 5.06. The lowest BCUT2D eigenvalue weighted by molar-refractivity contribution is 0.102. The molecule has 1 N–H and O–H groups in total. The molecule has 1 saturated heterocycles. The van der Waals surface area contributed by atoms with E-state index in [-0.39, 0.29) is 5.91 Å². The number of hydrogen-bond donors (Lipinski definition) is 1. The molecule has 1 aliphatic rings. The van der Waals surface area contributed by atoms with E-state index in [1.165, 1.54) is 0 Å². The van der Waals surface area contributed by atoms with Gasteiger partial charge in [0.15, 0.2) is 5.76 Å². The van der Waals surface area contributed by atoms with Gasteiger partial charge < -0.3 is 14.7 Å². The van der Waals surface area contributed by atoms with Crippen LogP contribution < -0.4 is 10.2 Å². The Bertz CT molecular complexity index is 1150. The Labute approximate surface area is 167 Å². The highest BCUT2D eigenvalue weighted by Gasteiger charge is 2.16. The van der Waals surface area contributed by atoms with Crippen molar-refractivity contribution in [1.82, 2.24) is 15.1 Å². The van der Waals surface area contributed by atoms with Gasteiger partial charge in [0.1, 0.15) is 5.52 Å². The van der Waals surface area contributed by atoms with E-state index in [0.717, 1.165) is 36.9 Å². The quantitative estimate of drug-likeness (QED) is 0.568. The van der Waals surface area contributed by atoms with Crippen molar-refractivity contribution in [3.8, 4) is 11.3 Å². The molecule has 1 aliphatic heterocycles. The molecule has 4 aromatic rings. The van der Waals surface area contributed by atoms with E-state index < -0.39 is 0 Å². The topological polar surface area (TPSA) is 84.2 Å². The summed E-state index contributed by atoms with van der Waals surface area (Å²) in [5.74, 6) is 1.12. The van der Waals surface area contributed by atoms with Crippen molar-refractivity contribution in [2.45, 2.75) is 12.8 Å². The van der Waals surface area contributed by atoms with Gasteiger partial charge in [0.25, 0.3) is 5.91 Å². The lowest BCUT2D eigenvalue weighted by Gasteiger charge is -2.14. The molecule has 2 aromatic heterocycles. The number of nitrogens with one attached hydrogen (secondary N) is 1. The Balaban J connectivity index is 1.38. The third kappa shape index (κ3) is 3.42. The average molecular weight is 385 g/mol. The summed E-state index contributed by atoms with van der Waals surface area (Å²) in [5, 5.41) is 7.75. The Hall–Kier alpha value is -3.74. The normalized spacial score (nSPS) is 13.7. The molecule has 144 valence electrons. The van der Waals surface area contributed by atoms with E-state index >= 15 is 0 Å². The average Bonchev–Trinajstić information content (AvgIpc) is 3.45. The number of carbonyl (C=O) groups excluding carboxylic acids is 1. The molecule has 5 rings (SSSR count). The molecule has 3 heterocycles. The Morgan fingerprint density at radius 3 is 2.52 bits per heavy atom. The number of aromatic nitrogens is 3. The molecule has 0 aliphatic carbocycles. The second-order valence-electron chi connectivity index (χ2n) is 7.03. The maximum Gasteiger partial charge on any atom is 0.255 e. The van der Waals surface area contributed by atoms with Crippen LogP contribution in [0.1, 0.15) is 23.2 Å². The zero-order valence-corrected chi connectivity index (χ0v) is 15.7. The Morgan fingerprint density at radius 2 is 1.76 bits per heavy atom. The first-order valence-electron chi connectivity index (χ1n) is 9.61. The highest BCUT2D eigenvalue weighted by atomic mass is 16.5. The van der Waals surface area contributed by atoms with Crippen molar-refractivity contribution < 1.29 is 9.32 Å². The Morgan fingerprint density at radius 1 is 1.00 bits per heavy atom. The summed E-state index contributed by atoms with van der Waals surface area (Å²) >= 11 is 0. The maximum absolute atomic E-state index is 12.7. The van der Waals surface area contributed by atoms with Crippen molar-refractivity contribution in [2.24, 2.45) is 0 Å². The van der Waals surface area contributed by atoms with Crippen molar-refractivity contribution in [3.05, 3.63) is 66.5 Å². The molecule has 2 aromatic carbocycles. The monoisotopic (exact) mass is 385 g/mol. The predicted octanol–water partition coefficient (Wildman–Crippen LogP) is 4.14. The second-order valence-corrected chi connectivity index (χ2v) is 7.03. The lowest BCUT2D eigenvalue weighted by Crippen LogP contribution is -2.20. The first-order chi connectivity index (χ1) is 14.3. The Kier molecular flexibility index (Phi) is 4.40. The van der Waals surface area contributed by atoms with Crippen molar-refractivity contribution >= 4 is 28.4 Å². The molecule has 0 saturated carbocycles. The largest absolute Gasteiger partial charge is 0.355 e. The summed E-state index contributed by atoms with van der Waals surface area (Å²) < 4.78 is 5.51. The van der Waals surface area contributed by atoms with Crippen molar-refractivity contribution in [2.75, 3.05) is 23.3 Å². The predicted molar refractivity (Wildman–Crippen MR) is 111 cm³/mol. The van der Waals surface area contributed by atoms with Gasteiger partial charge in [-0.1, -0.05) is 35.5 Å². The van der Waals surface area contributed by atoms with E-state index in [0.29, 0.717) is 28.5 Å². The van der Waals surface area contributed by atoms with Gasteiger partial charge in [-0.05, 0) is 31.0 Å². The van der Waals surface area contributed by atoms with Crippen molar-refractivity contribution in [1.29, 1.82) is 0 Å². The number of carbonyl (C=O) groups is 1. The highest BCUT2D eigenvalue weighted by molar-refractivity contribution is 6.07. The van der Waals surface area contributed by atoms with Gasteiger partial charge >= 0.3 is 0 Å². The molecule has 0 bridgehead atoms. The van der Waals surface area contributed by atoms with E-state index in [2.05, 4.69) is 25.3 Å². The molecule has 7 heteroatoms. The fourth-order valence-electron chi connectivity index (χ4n) is 3.55. The second kappa shape index (κ2) is 7.35. The van der Waals surface area contributed by atoms with Gasteiger partial charge in [0.05, 0.1) is 23.5 Å². The summed E-state index contributed by atoms with van der Waals surface area (Å²) in [6, 6.07) is 15.0. The SMILES string of the molecule is O=C(Nc1cnc(N2CCCC2)nc1)c1ccc2noc(-c3ccccc3)c2c1. The van der Waals surface area contributed by atoms with Gasteiger partial charge in [-0.2, -0.15) is 0 Å². The number of rotatable bonds is 4. The summed E-state index contributed by atoms with van der Waals surface area (Å²) in [4.78, 5) is 23.6. The summed E-state index contributed by atoms with van der Waals surface area (Å²) in [5.41, 5.74) is 2.70. The van der Waals surface area contributed by atoms with Crippen LogP contribution in [0.5, 0.6) is 0 Å². The van der Waals surface area contributed by atoms with Crippen LogP contribution in [0.4, 0.5) is 11.6 Å². The minimum Gasteiger partial charge on any atom is -0.355 e. The first kappa shape index (κ1) is 17.4. The smallest absolute Gasteiger partial charge is 0.255 e. The first-order valence-corrected chi connectivity index (χ1v) is 9.61. The number of nitrogens with zero attached hydrogens (tertiary/aromatic N) is 4.